The number of nitrogens with one attached hydrogen (secondary N) is 1. The number of hydrogen-bond donors (Lipinski definition) is 1. The van der Waals surface area contributed by atoms with Gasteiger partial charge < -0.3 is 14.9 Å². The molecule has 1 atom stereocenters. The Morgan fingerprint density at radius 1 is 0.558 bits per heavy atom. The van der Waals surface area contributed by atoms with Crippen molar-refractivity contribution in [2.75, 3.05) is 33.3 Å². The lowest BCUT2D eigenvalue weighted by molar-refractivity contribution is -0.191. The van der Waals surface area contributed by atoms with Gasteiger partial charge in [-0.2, -0.15) is 0 Å². The van der Waals surface area contributed by atoms with E-state index in [1.165, 1.54) is 116 Å². The van der Waals surface area contributed by atoms with Gasteiger partial charge in [0.15, 0.2) is 0 Å². The summed E-state index contributed by atoms with van der Waals surface area (Å²) in [5.41, 5.74) is 0. The van der Waals surface area contributed by atoms with E-state index in [-0.39, 0.29) is 17.9 Å². The van der Waals surface area contributed by atoms with Gasteiger partial charge in [0.05, 0.1) is 12.5 Å². The predicted octanol–water partition coefficient (Wildman–Crippen LogP) is 13.4. The van der Waals surface area contributed by atoms with Gasteiger partial charge in [-0.15, -0.1) is 5.06 Å². The molecule has 0 aliphatic rings. The van der Waals surface area contributed by atoms with Gasteiger partial charge in [-0.05, 0) is 77.8 Å². The van der Waals surface area contributed by atoms with E-state index in [4.69, 9.17) is 9.57 Å². The number of unbranched alkanes of at least 4 members (excludes halogenated alkanes) is 21. The van der Waals surface area contributed by atoms with E-state index in [1.54, 1.807) is 0 Å². The van der Waals surface area contributed by atoms with Crippen molar-refractivity contribution in [3.8, 4) is 0 Å². The molecule has 0 amide bonds. The Balaban J connectivity index is 4.23. The maximum atomic E-state index is 12.9. The highest BCUT2D eigenvalue weighted by Crippen LogP contribution is 2.21. The minimum atomic E-state index is -0.107. The van der Waals surface area contributed by atoms with Crippen LogP contribution in [0.2, 0.25) is 0 Å². The number of hydrogen-bond acceptors (Lipinski definition) is 6. The largest absolute Gasteiger partial charge is 0.465 e. The first-order valence-corrected chi connectivity index (χ1v) is 22.7. The predicted molar refractivity (Wildman–Crippen MR) is 224 cm³/mol. The Morgan fingerprint density at radius 2 is 1.04 bits per heavy atom. The third-order valence-corrected chi connectivity index (χ3v) is 10.1. The Kier molecular flexibility index (Phi) is 40.7. The van der Waals surface area contributed by atoms with Crippen molar-refractivity contribution >= 4 is 11.9 Å². The van der Waals surface area contributed by atoms with Crippen LogP contribution in [0.4, 0.5) is 0 Å². The molecule has 6 nitrogen and oxygen atoms in total. The molecule has 0 aliphatic heterocycles. The van der Waals surface area contributed by atoms with E-state index >= 15 is 0 Å². The van der Waals surface area contributed by atoms with E-state index < -0.39 is 0 Å². The van der Waals surface area contributed by atoms with Crippen molar-refractivity contribution in [2.24, 2.45) is 5.92 Å². The Hall–Kier alpha value is -1.66. The average molecular weight is 733 g/mol. The van der Waals surface area contributed by atoms with Crippen LogP contribution in [0.15, 0.2) is 24.3 Å². The number of carbonyl (C=O) groups excluding carboxylic acids is 2. The first-order chi connectivity index (χ1) is 25.6. The lowest BCUT2D eigenvalue weighted by Crippen LogP contribution is -2.30. The molecule has 52 heavy (non-hydrogen) atoms. The highest BCUT2D eigenvalue weighted by molar-refractivity contribution is 5.72. The van der Waals surface area contributed by atoms with Crippen LogP contribution < -0.4 is 5.32 Å². The fourth-order valence-corrected chi connectivity index (χ4v) is 6.64. The van der Waals surface area contributed by atoms with Crippen LogP contribution in [-0.2, 0) is 19.2 Å². The van der Waals surface area contributed by atoms with Crippen LogP contribution in [0.5, 0.6) is 0 Å². The van der Waals surface area contributed by atoms with Gasteiger partial charge in [0, 0.05) is 19.5 Å². The first kappa shape index (κ1) is 50.3. The van der Waals surface area contributed by atoms with Crippen molar-refractivity contribution in [3.05, 3.63) is 24.3 Å². The highest BCUT2D eigenvalue weighted by atomic mass is 16.7. The number of hydroxylamine groups is 2. The molecule has 1 N–H and O–H groups in total. The van der Waals surface area contributed by atoms with Crippen LogP contribution in [0.1, 0.15) is 220 Å². The SMILES string of the molecule is CCCC/C=C\C/C=C\CCCCCCCCN(CCCCCCCCOC(=O)C(CCCCCC)CCCCCCCC)OC(=O)CCCNC. The van der Waals surface area contributed by atoms with E-state index in [2.05, 4.69) is 50.4 Å². The van der Waals surface area contributed by atoms with Gasteiger partial charge in [0.25, 0.3) is 0 Å². The summed E-state index contributed by atoms with van der Waals surface area (Å²) in [6.07, 6.45) is 44.9. The molecular formula is C46H88N2O4. The molecule has 0 aliphatic carbocycles. The number of rotatable bonds is 41. The summed E-state index contributed by atoms with van der Waals surface area (Å²) >= 11 is 0. The van der Waals surface area contributed by atoms with Crippen molar-refractivity contribution in [3.63, 3.8) is 0 Å². The minimum absolute atomic E-state index is 0.0511. The van der Waals surface area contributed by atoms with Crippen LogP contribution in [0, 0.1) is 5.92 Å². The standard InChI is InChI=1S/C46H88N2O4/c1-5-8-11-14-16-17-18-19-20-21-22-23-24-28-33-41-48(52-45(49)39-36-40-47-4)42-34-29-25-26-30-35-43-51-46(50)44(37-31-13-10-7-3)38-32-27-15-12-9-6-2/h14,16,18-19,44,47H,5-13,15,17,20-43H2,1-4H3/b16-14-,19-18-. The van der Waals surface area contributed by atoms with E-state index in [1.807, 2.05) is 12.1 Å². The Morgan fingerprint density at radius 3 is 1.62 bits per heavy atom. The van der Waals surface area contributed by atoms with Crippen molar-refractivity contribution in [1.82, 2.24) is 10.4 Å². The van der Waals surface area contributed by atoms with E-state index in [0.717, 1.165) is 96.7 Å². The summed E-state index contributed by atoms with van der Waals surface area (Å²) in [7, 11) is 1.92. The zero-order chi connectivity index (χ0) is 38.0. The van der Waals surface area contributed by atoms with Gasteiger partial charge in [-0.1, -0.05) is 173 Å². The molecule has 0 saturated heterocycles. The number of carbonyl (C=O) groups is 2. The van der Waals surface area contributed by atoms with E-state index in [9.17, 15) is 9.59 Å². The normalized spacial score (nSPS) is 12.4. The summed E-state index contributed by atoms with van der Waals surface area (Å²) in [6, 6.07) is 0. The van der Waals surface area contributed by atoms with Crippen molar-refractivity contribution in [2.45, 2.75) is 220 Å². The van der Waals surface area contributed by atoms with Gasteiger partial charge in [0.2, 0.25) is 0 Å². The molecule has 0 heterocycles. The molecule has 0 bridgehead atoms. The topological polar surface area (TPSA) is 67.9 Å². The maximum Gasteiger partial charge on any atom is 0.325 e. The van der Waals surface area contributed by atoms with Crippen LogP contribution in [-0.4, -0.2) is 50.3 Å². The van der Waals surface area contributed by atoms with Gasteiger partial charge in [-0.3, -0.25) is 9.59 Å². The molecule has 0 fully saturated rings. The molecule has 1 unspecified atom stereocenters. The summed E-state index contributed by atoms with van der Waals surface area (Å²) in [5, 5.41) is 5.05. The number of allylic oxidation sites excluding steroid dienone is 4. The molecule has 0 aromatic rings. The van der Waals surface area contributed by atoms with Crippen LogP contribution in [0.25, 0.3) is 0 Å². The summed E-state index contributed by atoms with van der Waals surface area (Å²) in [6.45, 7) is 9.77. The molecule has 0 radical (unpaired) electrons. The molecular weight excluding hydrogens is 645 g/mol. The number of ether oxygens (including phenoxy) is 1. The Bertz CT molecular complexity index is 814. The molecule has 0 rings (SSSR count). The summed E-state index contributed by atoms with van der Waals surface area (Å²) in [4.78, 5) is 31.2. The number of esters is 1. The van der Waals surface area contributed by atoms with Crippen LogP contribution in [0.3, 0.4) is 0 Å². The summed E-state index contributed by atoms with van der Waals surface area (Å²) < 4.78 is 5.79. The molecule has 306 valence electrons. The minimum Gasteiger partial charge on any atom is -0.465 e. The van der Waals surface area contributed by atoms with Gasteiger partial charge >= 0.3 is 11.9 Å². The fourth-order valence-electron chi connectivity index (χ4n) is 6.64. The van der Waals surface area contributed by atoms with Crippen LogP contribution >= 0.6 is 0 Å². The lowest BCUT2D eigenvalue weighted by Gasteiger charge is -2.21. The molecule has 6 heteroatoms. The smallest absolute Gasteiger partial charge is 0.325 e. The third kappa shape index (κ3) is 36.7. The Labute approximate surface area is 324 Å². The van der Waals surface area contributed by atoms with Gasteiger partial charge in [0.1, 0.15) is 0 Å². The fraction of sp³-hybridized carbons (Fsp3) is 0.870. The van der Waals surface area contributed by atoms with Gasteiger partial charge in [-0.25, -0.2) is 0 Å². The first-order valence-electron chi connectivity index (χ1n) is 22.7. The van der Waals surface area contributed by atoms with Crippen molar-refractivity contribution in [1.29, 1.82) is 0 Å². The highest BCUT2D eigenvalue weighted by Gasteiger charge is 2.19. The molecule has 0 spiro atoms. The molecule has 0 saturated carbocycles. The summed E-state index contributed by atoms with van der Waals surface area (Å²) in [5.74, 6) is 0.0355. The lowest BCUT2D eigenvalue weighted by atomic mass is 9.94. The van der Waals surface area contributed by atoms with Crippen molar-refractivity contribution < 1.29 is 19.2 Å². The zero-order valence-corrected chi connectivity index (χ0v) is 35.2. The second-order valence-corrected chi connectivity index (χ2v) is 15.2. The second kappa shape index (κ2) is 42.1. The quantitative estimate of drug-likeness (QED) is 0.0292. The third-order valence-electron chi connectivity index (χ3n) is 10.1. The number of nitrogens with zero attached hydrogens (tertiary/aromatic N) is 1. The molecule has 0 aromatic heterocycles. The van der Waals surface area contributed by atoms with E-state index in [0.29, 0.717) is 13.0 Å². The second-order valence-electron chi connectivity index (χ2n) is 15.2. The maximum absolute atomic E-state index is 12.9. The average Bonchev–Trinajstić information content (AvgIpc) is 3.14. The zero-order valence-electron chi connectivity index (χ0n) is 35.2. The monoisotopic (exact) mass is 733 g/mol. The molecule has 0 aromatic carbocycles.